The molecular formula is C14H20N2O3. The zero-order chi connectivity index (χ0) is 14.3. The van der Waals surface area contributed by atoms with Crippen LogP contribution in [0.15, 0.2) is 35.5 Å². The third kappa shape index (κ3) is 6.45. The molecule has 0 heterocycles. The second kappa shape index (κ2) is 6.78. The summed E-state index contributed by atoms with van der Waals surface area (Å²) in [6.45, 7) is 5.37. The van der Waals surface area contributed by atoms with Crippen LogP contribution in [0, 0.1) is 0 Å². The SMILES string of the molecule is CC(C)(C)OC(=O)N[C@@H](/C=N\O)Cc1ccccc1. The lowest BCUT2D eigenvalue weighted by Crippen LogP contribution is -2.41. The van der Waals surface area contributed by atoms with Crippen LogP contribution >= 0.6 is 0 Å². The zero-order valence-electron chi connectivity index (χ0n) is 11.5. The van der Waals surface area contributed by atoms with E-state index in [-0.39, 0.29) is 0 Å². The highest BCUT2D eigenvalue weighted by molar-refractivity contribution is 5.75. The van der Waals surface area contributed by atoms with Crippen LogP contribution in [-0.4, -0.2) is 29.2 Å². The highest BCUT2D eigenvalue weighted by Gasteiger charge is 2.18. The van der Waals surface area contributed by atoms with Gasteiger partial charge in [0, 0.05) is 0 Å². The van der Waals surface area contributed by atoms with E-state index in [0.29, 0.717) is 6.42 Å². The molecule has 1 aromatic rings. The summed E-state index contributed by atoms with van der Waals surface area (Å²) < 4.78 is 5.16. The van der Waals surface area contributed by atoms with Gasteiger partial charge in [0.15, 0.2) is 0 Å². The van der Waals surface area contributed by atoms with Gasteiger partial charge in [0.25, 0.3) is 0 Å². The minimum atomic E-state index is -0.558. The number of amides is 1. The highest BCUT2D eigenvalue weighted by atomic mass is 16.6. The van der Waals surface area contributed by atoms with E-state index in [2.05, 4.69) is 10.5 Å². The Bertz CT molecular complexity index is 424. The fraction of sp³-hybridized carbons (Fsp3) is 0.429. The van der Waals surface area contributed by atoms with Gasteiger partial charge in [-0.05, 0) is 32.8 Å². The van der Waals surface area contributed by atoms with Gasteiger partial charge in [-0.15, -0.1) is 0 Å². The third-order valence-corrected chi connectivity index (χ3v) is 2.25. The maximum Gasteiger partial charge on any atom is 0.408 e. The van der Waals surface area contributed by atoms with Gasteiger partial charge in [-0.25, -0.2) is 4.79 Å². The Morgan fingerprint density at radius 1 is 1.42 bits per heavy atom. The van der Waals surface area contributed by atoms with Crippen LogP contribution < -0.4 is 5.32 Å². The topological polar surface area (TPSA) is 70.9 Å². The maximum absolute atomic E-state index is 11.7. The molecule has 0 aliphatic carbocycles. The molecule has 0 spiro atoms. The quantitative estimate of drug-likeness (QED) is 0.499. The minimum Gasteiger partial charge on any atom is -0.444 e. The number of rotatable bonds is 4. The van der Waals surface area contributed by atoms with Crippen molar-refractivity contribution in [2.24, 2.45) is 5.16 Å². The number of nitrogens with zero attached hydrogens (tertiary/aromatic N) is 1. The van der Waals surface area contributed by atoms with Gasteiger partial charge in [0.1, 0.15) is 5.60 Å². The summed E-state index contributed by atoms with van der Waals surface area (Å²) in [6, 6.07) is 9.21. The Balaban J connectivity index is 2.61. The van der Waals surface area contributed by atoms with Crippen LogP contribution in [0.2, 0.25) is 0 Å². The first-order chi connectivity index (χ1) is 8.90. The van der Waals surface area contributed by atoms with Crippen molar-refractivity contribution in [3.8, 4) is 0 Å². The predicted molar refractivity (Wildman–Crippen MR) is 73.6 cm³/mol. The maximum atomic E-state index is 11.7. The number of ether oxygens (including phenoxy) is 1. The van der Waals surface area contributed by atoms with Gasteiger partial charge in [-0.2, -0.15) is 0 Å². The normalized spacial score (nSPS) is 13.2. The molecule has 0 radical (unpaired) electrons. The fourth-order valence-corrected chi connectivity index (χ4v) is 1.55. The molecule has 0 aromatic heterocycles. The molecular weight excluding hydrogens is 244 g/mol. The van der Waals surface area contributed by atoms with Crippen LogP contribution in [0.4, 0.5) is 4.79 Å². The Labute approximate surface area is 113 Å². The number of hydrogen-bond donors (Lipinski definition) is 2. The Kier molecular flexibility index (Phi) is 5.36. The molecule has 19 heavy (non-hydrogen) atoms. The average Bonchev–Trinajstić information content (AvgIpc) is 2.27. The van der Waals surface area contributed by atoms with Gasteiger partial charge in [0.05, 0.1) is 12.3 Å². The van der Waals surface area contributed by atoms with E-state index in [4.69, 9.17) is 9.94 Å². The van der Waals surface area contributed by atoms with E-state index in [1.165, 1.54) is 6.21 Å². The average molecular weight is 264 g/mol. The van der Waals surface area contributed by atoms with E-state index < -0.39 is 17.7 Å². The van der Waals surface area contributed by atoms with E-state index in [0.717, 1.165) is 5.56 Å². The van der Waals surface area contributed by atoms with Crippen LogP contribution in [-0.2, 0) is 11.2 Å². The summed E-state index contributed by atoms with van der Waals surface area (Å²) in [5.41, 5.74) is 0.473. The monoisotopic (exact) mass is 264 g/mol. The number of nitrogens with one attached hydrogen (secondary N) is 1. The lowest BCUT2D eigenvalue weighted by molar-refractivity contribution is 0.0518. The summed E-state index contributed by atoms with van der Waals surface area (Å²) in [4.78, 5) is 11.7. The first kappa shape index (κ1) is 15.0. The van der Waals surface area contributed by atoms with Crippen LogP contribution in [0.1, 0.15) is 26.3 Å². The Morgan fingerprint density at radius 2 is 2.05 bits per heavy atom. The molecule has 5 heteroatoms. The molecule has 1 atom stereocenters. The minimum absolute atomic E-state index is 0.415. The largest absolute Gasteiger partial charge is 0.444 e. The van der Waals surface area contributed by atoms with Gasteiger partial charge in [0.2, 0.25) is 0 Å². The molecule has 0 aliphatic heterocycles. The van der Waals surface area contributed by atoms with Crippen LogP contribution in [0.3, 0.4) is 0 Å². The molecule has 1 amide bonds. The molecule has 5 nitrogen and oxygen atoms in total. The van der Waals surface area contributed by atoms with Gasteiger partial charge < -0.3 is 15.3 Å². The first-order valence-electron chi connectivity index (χ1n) is 6.12. The van der Waals surface area contributed by atoms with Crippen molar-refractivity contribution in [1.82, 2.24) is 5.32 Å². The predicted octanol–water partition coefficient (Wildman–Crippen LogP) is 2.58. The summed E-state index contributed by atoms with van der Waals surface area (Å²) in [5.74, 6) is 0. The van der Waals surface area contributed by atoms with Crippen molar-refractivity contribution in [1.29, 1.82) is 0 Å². The van der Waals surface area contributed by atoms with Gasteiger partial charge in [-0.3, -0.25) is 0 Å². The van der Waals surface area contributed by atoms with Crippen molar-refractivity contribution in [3.63, 3.8) is 0 Å². The molecule has 0 saturated heterocycles. The lowest BCUT2D eigenvalue weighted by Gasteiger charge is -2.22. The molecule has 104 valence electrons. The Morgan fingerprint density at radius 3 is 2.58 bits per heavy atom. The smallest absolute Gasteiger partial charge is 0.408 e. The van der Waals surface area contributed by atoms with Gasteiger partial charge in [-0.1, -0.05) is 35.5 Å². The number of oxime groups is 1. The van der Waals surface area contributed by atoms with Crippen molar-refractivity contribution in [2.75, 3.05) is 0 Å². The molecule has 0 saturated carbocycles. The number of benzene rings is 1. The van der Waals surface area contributed by atoms with E-state index in [1.807, 2.05) is 30.3 Å². The van der Waals surface area contributed by atoms with Crippen LogP contribution in [0.5, 0.6) is 0 Å². The van der Waals surface area contributed by atoms with Gasteiger partial charge >= 0.3 is 6.09 Å². The van der Waals surface area contributed by atoms with E-state index in [9.17, 15) is 4.79 Å². The molecule has 1 aromatic carbocycles. The van der Waals surface area contributed by atoms with E-state index >= 15 is 0 Å². The second-order valence-electron chi connectivity index (χ2n) is 5.21. The Hall–Kier alpha value is -2.04. The first-order valence-corrected chi connectivity index (χ1v) is 6.12. The summed E-state index contributed by atoms with van der Waals surface area (Å²) in [6.07, 6.45) is 1.27. The number of carbonyl (C=O) groups excluding carboxylic acids is 1. The molecule has 0 bridgehead atoms. The number of hydrogen-bond acceptors (Lipinski definition) is 4. The summed E-state index contributed by atoms with van der Waals surface area (Å²) >= 11 is 0. The number of carbonyl (C=O) groups is 1. The van der Waals surface area contributed by atoms with E-state index in [1.54, 1.807) is 20.8 Å². The zero-order valence-corrected chi connectivity index (χ0v) is 11.5. The lowest BCUT2D eigenvalue weighted by atomic mass is 10.1. The summed E-state index contributed by atoms with van der Waals surface area (Å²) in [5, 5.41) is 14.3. The molecule has 0 fully saturated rings. The molecule has 0 unspecified atom stereocenters. The molecule has 1 rings (SSSR count). The molecule has 2 N–H and O–H groups in total. The summed E-state index contributed by atoms with van der Waals surface area (Å²) in [7, 11) is 0. The standard InChI is InChI=1S/C14H20N2O3/c1-14(2,3)19-13(17)16-12(10-15-18)9-11-7-5-4-6-8-11/h4-8,10,12,18H,9H2,1-3H3,(H,16,17)/b15-10-/t12-/m1/s1. The molecule has 0 aliphatic rings. The van der Waals surface area contributed by atoms with Crippen molar-refractivity contribution >= 4 is 12.3 Å². The number of alkyl carbamates (subject to hydrolysis) is 1. The third-order valence-electron chi connectivity index (χ3n) is 2.25. The van der Waals surface area contributed by atoms with Crippen molar-refractivity contribution in [2.45, 2.75) is 38.8 Å². The van der Waals surface area contributed by atoms with Crippen LogP contribution in [0.25, 0.3) is 0 Å². The van der Waals surface area contributed by atoms with Crippen molar-refractivity contribution < 1.29 is 14.7 Å². The second-order valence-corrected chi connectivity index (χ2v) is 5.21. The highest BCUT2D eigenvalue weighted by Crippen LogP contribution is 2.08. The van der Waals surface area contributed by atoms with Crippen molar-refractivity contribution in [3.05, 3.63) is 35.9 Å². The fourth-order valence-electron chi connectivity index (χ4n) is 1.55.